The van der Waals surface area contributed by atoms with E-state index in [1.807, 2.05) is 0 Å². The molecular weight excluding hydrogens is 298 g/mol. The van der Waals surface area contributed by atoms with Gasteiger partial charge in [0.2, 0.25) is 10.0 Å². The van der Waals surface area contributed by atoms with E-state index in [1.165, 1.54) is 31.4 Å². The Labute approximate surface area is 122 Å². The van der Waals surface area contributed by atoms with Crippen LogP contribution in [0.25, 0.3) is 0 Å². The van der Waals surface area contributed by atoms with Gasteiger partial charge in [0.1, 0.15) is 5.60 Å². The Bertz CT molecular complexity index is 604. The maximum absolute atomic E-state index is 12.1. The number of benzene rings is 1. The average molecular weight is 315 g/mol. The quantitative estimate of drug-likeness (QED) is 0.736. The summed E-state index contributed by atoms with van der Waals surface area (Å²) in [5, 5.41) is 10.0. The van der Waals surface area contributed by atoms with Crippen LogP contribution in [0.1, 0.15) is 16.8 Å². The Morgan fingerprint density at radius 2 is 2.10 bits per heavy atom. The lowest BCUT2D eigenvalue weighted by Gasteiger charge is -2.20. The van der Waals surface area contributed by atoms with Gasteiger partial charge in [-0.15, -0.1) is 0 Å². The molecule has 0 unspecified atom stereocenters. The highest BCUT2D eigenvalue weighted by Crippen LogP contribution is 2.18. The highest BCUT2D eigenvalue weighted by molar-refractivity contribution is 7.89. The fourth-order valence-corrected chi connectivity index (χ4v) is 3.06. The molecule has 1 fully saturated rings. The molecule has 2 N–H and O–H groups in total. The Morgan fingerprint density at radius 1 is 1.43 bits per heavy atom. The Hall–Kier alpha value is -1.48. The molecule has 116 valence electrons. The molecule has 0 aliphatic carbocycles. The molecule has 0 spiro atoms. The number of carbonyl (C=O) groups is 1. The first-order valence-electron chi connectivity index (χ1n) is 6.34. The number of hydrogen-bond donors (Lipinski definition) is 2. The van der Waals surface area contributed by atoms with Crippen LogP contribution in [-0.4, -0.2) is 52.0 Å². The zero-order valence-electron chi connectivity index (χ0n) is 11.5. The van der Waals surface area contributed by atoms with Gasteiger partial charge in [-0.3, -0.25) is 0 Å². The van der Waals surface area contributed by atoms with Crippen LogP contribution in [0.2, 0.25) is 0 Å². The number of methoxy groups -OCH3 is 1. The van der Waals surface area contributed by atoms with E-state index in [9.17, 15) is 18.3 Å². The third-order valence-electron chi connectivity index (χ3n) is 3.26. The maximum atomic E-state index is 12.1. The largest absolute Gasteiger partial charge is 0.465 e. The van der Waals surface area contributed by atoms with Gasteiger partial charge < -0.3 is 14.6 Å². The Morgan fingerprint density at radius 3 is 2.62 bits per heavy atom. The van der Waals surface area contributed by atoms with E-state index < -0.39 is 21.6 Å². The second kappa shape index (κ2) is 6.10. The standard InChI is InChI=1S/C13H17NO6S/c1-19-12(15)10-2-4-11(5-3-10)21(17,18)14-8-13(16)6-7-20-9-13/h2-5,14,16H,6-9H2,1H3/t13-/m1/s1. The van der Waals surface area contributed by atoms with Gasteiger partial charge in [0, 0.05) is 19.6 Å². The molecule has 7 nitrogen and oxygen atoms in total. The van der Waals surface area contributed by atoms with Crippen LogP contribution < -0.4 is 4.72 Å². The number of hydrogen-bond acceptors (Lipinski definition) is 6. The average Bonchev–Trinajstić information content (AvgIpc) is 2.92. The van der Waals surface area contributed by atoms with Crippen LogP contribution in [0.4, 0.5) is 0 Å². The number of rotatable bonds is 5. The van der Waals surface area contributed by atoms with E-state index >= 15 is 0 Å². The molecule has 0 aromatic heterocycles. The maximum Gasteiger partial charge on any atom is 0.337 e. The first-order valence-corrected chi connectivity index (χ1v) is 7.83. The number of aliphatic hydroxyl groups is 1. The zero-order chi connectivity index (χ0) is 15.5. The first kappa shape index (κ1) is 15.9. The van der Waals surface area contributed by atoms with Crippen molar-refractivity contribution in [2.45, 2.75) is 16.9 Å². The van der Waals surface area contributed by atoms with Crippen molar-refractivity contribution in [2.24, 2.45) is 0 Å². The highest BCUT2D eigenvalue weighted by Gasteiger charge is 2.33. The van der Waals surface area contributed by atoms with E-state index in [2.05, 4.69) is 9.46 Å². The van der Waals surface area contributed by atoms with E-state index in [0.29, 0.717) is 13.0 Å². The molecule has 1 aliphatic heterocycles. The lowest BCUT2D eigenvalue weighted by molar-refractivity contribution is 0.0314. The molecule has 1 aromatic carbocycles. The van der Waals surface area contributed by atoms with E-state index in [4.69, 9.17) is 4.74 Å². The molecule has 1 saturated heterocycles. The van der Waals surface area contributed by atoms with Gasteiger partial charge in [-0.25, -0.2) is 17.9 Å². The smallest absolute Gasteiger partial charge is 0.337 e. The molecule has 1 aliphatic rings. The summed E-state index contributed by atoms with van der Waals surface area (Å²) in [6.07, 6.45) is 0.386. The van der Waals surface area contributed by atoms with Crippen molar-refractivity contribution < 1.29 is 27.8 Å². The van der Waals surface area contributed by atoms with Crippen molar-refractivity contribution in [1.29, 1.82) is 0 Å². The molecule has 21 heavy (non-hydrogen) atoms. The Kier molecular flexibility index (Phi) is 4.62. The number of esters is 1. The highest BCUT2D eigenvalue weighted by atomic mass is 32.2. The summed E-state index contributed by atoms with van der Waals surface area (Å²) >= 11 is 0. The summed E-state index contributed by atoms with van der Waals surface area (Å²) in [4.78, 5) is 11.3. The van der Waals surface area contributed by atoms with Crippen molar-refractivity contribution in [3.8, 4) is 0 Å². The summed E-state index contributed by atoms with van der Waals surface area (Å²) in [6, 6.07) is 5.36. The lowest BCUT2D eigenvalue weighted by atomic mass is 10.1. The summed E-state index contributed by atoms with van der Waals surface area (Å²) in [5.74, 6) is -0.538. The van der Waals surface area contributed by atoms with Crippen LogP contribution in [0.5, 0.6) is 0 Å². The van der Waals surface area contributed by atoms with E-state index in [1.54, 1.807) is 0 Å². The second-order valence-corrected chi connectivity index (χ2v) is 6.63. The van der Waals surface area contributed by atoms with Gasteiger partial charge in [0.05, 0.1) is 24.2 Å². The number of ether oxygens (including phenoxy) is 2. The third kappa shape index (κ3) is 3.79. The molecule has 1 aromatic rings. The zero-order valence-corrected chi connectivity index (χ0v) is 12.4. The summed E-state index contributed by atoms with van der Waals surface area (Å²) < 4.78 is 36.1. The van der Waals surface area contributed by atoms with Crippen LogP contribution >= 0.6 is 0 Å². The minimum Gasteiger partial charge on any atom is -0.465 e. The van der Waals surface area contributed by atoms with Gasteiger partial charge in [0.25, 0.3) is 0 Å². The molecule has 0 saturated carbocycles. The van der Waals surface area contributed by atoms with E-state index in [0.717, 1.165) is 0 Å². The number of carbonyl (C=O) groups excluding carboxylic acids is 1. The van der Waals surface area contributed by atoms with Crippen molar-refractivity contribution in [3.63, 3.8) is 0 Å². The van der Waals surface area contributed by atoms with Crippen LogP contribution in [-0.2, 0) is 19.5 Å². The molecule has 8 heteroatoms. The van der Waals surface area contributed by atoms with Crippen LogP contribution in [0.3, 0.4) is 0 Å². The summed E-state index contributed by atoms with van der Waals surface area (Å²) in [6.45, 7) is 0.400. The fraction of sp³-hybridized carbons (Fsp3) is 0.462. The Balaban J connectivity index is 2.07. The van der Waals surface area contributed by atoms with Crippen molar-refractivity contribution >= 4 is 16.0 Å². The predicted molar refractivity (Wildman–Crippen MR) is 73.4 cm³/mol. The van der Waals surface area contributed by atoms with E-state index in [-0.39, 0.29) is 23.6 Å². The third-order valence-corrected chi connectivity index (χ3v) is 4.68. The summed E-state index contributed by atoms with van der Waals surface area (Å²) in [7, 11) is -2.50. The lowest BCUT2D eigenvalue weighted by Crippen LogP contribution is -2.43. The van der Waals surface area contributed by atoms with Gasteiger partial charge in [-0.2, -0.15) is 0 Å². The van der Waals surface area contributed by atoms with Gasteiger partial charge in [0.15, 0.2) is 0 Å². The van der Waals surface area contributed by atoms with Gasteiger partial charge in [-0.1, -0.05) is 0 Å². The molecule has 1 heterocycles. The monoisotopic (exact) mass is 315 g/mol. The molecule has 0 radical (unpaired) electrons. The molecule has 2 rings (SSSR count). The SMILES string of the molecule is COC(=O)c1ccc(S(=O)(=O)NC[C@]2(O)CCOC2)cc1. The number of nitrogens with one attached hydrogen (secondary N) is 1. The molecule has 1 atom stereocenters. The van der Waals surface area contributed by atoms with Gasteiger partial charge in [-0.05, 0) is 24.3 Å². The normalized spacial score (nSPS) is 22.2. The fourth-order valence-electron chi connectivity index (χ4n) is 1.94. The minimum absolute atomic E-state index is 0.0117. The summed E-state index contributed by atoms with van der Waals surface area (Å²) in [5.41, 5.74) is -0.904. The topological polar surface area (TPSA) is 102 Å². The second-order valence-electron chi connectivity index (χ2n) is 4.87. The van der Waals surface area contributed by atoms with Crippen molar-refractivity contribution in [2.75, 3.05) is 26.9 Å². The molecule has 0 bridgehead atoms. The predicted octanol–water partition coefficient (Wildman–Crippen LogP) is -0.0971. The first-order chi connectivity index (χ1) is 9.86. The van der Waals surface area contributed by atoms with Crippen molar-refractivity contribution in [1.82, 2.24) is 4.72 Å². The minimum atomic E-state index is -3.75. The van der Waals surface area contributed by atoms with Gasteiger partial charge >= 0.3 is 5.97 Å². The van der Waals surface area contributed by atoms with Crippen LogP contribution in [0.15, 0.2) is 29.2 Å². The molecule has 0 amide bonds. The van der Waals surface area contributed by atoms with Crippen LogP contribution in [0, 0.1) is 0 Å². The number of sulfonamides is 1. The van der Waals surface area contributed by atoms with Crippen molar-refractivity contribution in [3.05, 3.63) is 29.8 Å². The molecular formula is C13H17NO6S.